The molecule has 0 heterocycles. The predicted molar refractivity (Wildman–Crippen MR) is 88.2 cm³/mol. The van der Waals surface area contributed by atoms with E-state index >= 15 is 0 Å². The zero-order valence-electron chi connectivity index (χ0n) is 11.9. The molecule has 0 saturated carbocycles. The lowest BCUT2D eigenvalue weighted by molar-refractivity contribution is -0.136. The Hall–Kier alpha value is -2.47. The first-order chi connectivity index (χ1) is 11.0. The maximum absolute atomic E-state index is 12.9. The molecule has 0 unspecified atom stereocenters. The van der Waals surface area contributed by atoms with Gasteiger partial charge in [0.05, 0.1) is 12.0 Å². The molecule has 116 valence electrons. The van der Waals surface area contributed by atoms with Gasteiger partial charge >= 0.3 is 5.97 Å². The van der Waals surface area contributed by atoms with Crippen molar-refractivity contribution in [3.05, 3.63) is 63.1 Å². The van der Waals surface area contributed by atoms with Gasteiger partial charge < -0.3 is 10.4 Å². The van der Waals surface area contributed by atoms with Crippen LogP contribution in [-0.4, -0.2) is 29.2 Å². The zero-order chi connectivity index (χ0) is 16.6. The number of ketones is 2. The molecule has 0 amide bonds. The highest BCUT2D eigenvalue weighted by Gasteiger charge is 2.32. The Balaban J connectivity index is 2.07. The van der Waals surface area contributed by atoms with Gasteiger partial charge in [-0.25, -0.2) is 0 Å². The highest BCUT2D eigenvalue weighted by molar-refractivity contribution is 9.10. The Labute approximate surface area is 140 Å². The Bertz CT molecular complexity index is 844. The number of carboxylic acid groups (broad SMARTS) is 1. The van der Waals surface area contributed by atoms with Gasteiger partial charge in [0.15, 0.2) is 11.6 Å². The van der Waals surface area contributed by atoms with E-state index in [2.05, 4.69) is 21.2 Å². The molecule has 5 nitrogen and oxygen atoms in total. The molecule has 0 aromatic heterocycles. The van der Waals surface area contributed by atoms with Gasteiger partial charge in [-0.3, -0.25) is 14.4 Å². The lowest BCUT2D eigenvalue weighted by Crippen LogP contribution is -2.23. The molecule has 2 aromatic rings. The number of hydrogen-bond donors (Lipinski definition) is 2. The van der Waals surface area contributed by atoms with E-state index in [0.29, 0.717) is 32.4 Å². The summed E-state index contributed by atoms with van der Waals surface area (Å²) in [7, 11) is 0. The molecule has 0 bridgehead atoms. The van der Waals surface area contributed by atoms with Gasteiger partial charge in [0.2, 0.25) is 0 Å². The van der Waals surface area contributed by atoms with Crippen molar-refractivity contribution < 1.29 is 19.5 Å². The summed E-state index contributed by atoms with van der Waals surface area (Å²) >= 11 is 3.33. The first-order valence-corrected chi connectivity index (χ1v) is 7.76. The topological polar surface area (TPSA) is 83.5 Å². The molecule has 0 fully saturated rings. The summed E-state index contributed by atoms with van der Waals surface area (Å²) in [6.07, 6.45) is -0.0773. The fourth-order valence-electron chi connectivity index (χ4n) is 2.65. The molecule has 0 aliphatic heterocycles. The molecule has 0 spiro atoms. The molecular weight excluding hydrogens is 362 g/mol. The van der Waals surface area contributed by atoms with Gasteiger partial charge in [0.25, 0.3) is 0 Å². The summed E-state index contributed by atoms with van der Waals surface area (Å²) in [5.41, 5.74) is 1.82. The summed E-state index contributed by atoms with van der Waals surface area (Å²) in [5, 5.41) is 11.7. The molecule has 3 rings (SSSR count). The number of aliphatic carboxylic acids is 1. The number of rotatable bonds is 4. The van der Waals surface area contributed by atoms with Crippen LogP contribution in [0.4, 0.5) is 5.69 Å². The molecular formula is C17H12BrNO4. The minimum Gasteiger partial charge on any atom is -0.481 e. The number of carbonyl (C=O) groups is 3. The highest BCUT2D eigenvalue weighted by atomic mass is 79.9. The second kappa shape index (κ2) is 5.96. The molecule has 1 aliphatic carbocycles. The Morgan fingerprint density at radius 1 is 1.00 bits per heavy atom. The van der Waals surface area contributed by atoms with Crippen LogP contribution in [0.15, 0.2) is 40.9 Å². The fraction of sp³-hybridized carbons (Fsp3) is 0.118. The SMILES string of the molecule is O=C(O)CCNc1cccc2c1C(=O)c1c(Br)cccc1C2=O. The van der Waals surface area contributed by atoms with Gasteiger partial charge in [0, 0.05) is 33.4 Å². The van der Waals surface area contributed by atoms with Crippen LogP contribution in [0, 0.1) is 0 Å². The normalized spacial score (nSPS) is 12.6. The number of hydrogen-bond acceptors (Lipinski definition) is 4. The van der Waals surface area contributed by atoms with Crippen LogP contribution in [0.5, 0.6) is 0 Å². The second-order valence-electron chi connectivity index (χ2n) is 5.12. The first kappa shape index (κ1) is 15.4. The van der Waals surface area contributed by atoms with E-state index in [0.717, 1.165) is 0 Å². The number of halogens is 1. The van der Waals surface area contributed by atoms with E-state index in [9.17, 15) is 14.4 Å². The molecule has 23 heavy (non-hydrogen) atoms. The van der Waals surface area contributed by atoms with E-state index < -0.39 is 5.97 Å². The third-order valence-corrected chi connectivity index (χ3v) is 4.34. The molecule has 1 aliphatic rings. The number of benzene rings is 2. The molecule has 2 N–H and O–H groups in total. The third kappa shape index (κ3) is 2.66. The number of anilines is 1. The smallest absolute Gasteiger partial charge is 0.305 e. The quantitative estimate of drug-likeness (QED) is 0.733. The Morgan fingerprint density at radius 3 is 2.35 bits per heavy atom. The predicted octanol–water partition coefficient (Wildman–Crippen LogP) is 3.11. The number of carbonyl (C=O) groups excluding carboxylic acids is 2. The third-order valence-electron chi connectivity index (χ3n) is 3.68. The summed E-state index contributed by atoms with van der Waals surface area (Å²) in [6, 6.07) is 10.0. The molecule has 0 saturated heterocycles. The largest absolute Gasteiger partial charge is 0.481 e. The van der Waals surface area contributed by atoms with Crippen LogP contribution in [0.2, 0.25) is 0 Å². The van der Waals surface area contributed by atoms with Crippen LogP contribution in [0.1, 0.15) is 38.3 Å². The minimum absolute atomic E-state index is 0.0773. The van der Waals surface area contributed by atoms with Crippen molar-refractivity contribution in [1.29, 1.82) is 0 Å². The van der Waals surface area contributed by atoms with Gasteiger partial charge in [-0.15, -0.1) is 0 Å². The van der Waals surface area contributed by atoms with Crippen LogP contribution in [-0.2, 0) is 4.79 Å². The van der Waals surface area contributed by atoms with Crippen molar-refractivity contribution >= 4 is 39.2 Å². The average molecular weight is 374 g/mol. The van der Waals surface area contributed by atoms with E-state index in [1.165, 1.54) is 0 Å². The van der Waals surface area contributed by atoms with Crippen LogP contribution < -0.4 is 5.32 Å². The molecule has 0 radical (unpaired) electrons. The highest BCUT2D eigenvalue weighted by Crippen LogP contribution is 2.35. The molecule has 6 heteroatoms. The van der Waals surface area contributed by atoms with Crippen LogP contribution in [0.3, 0.4) is 0 Å². The Morgan fingerprint density at radius 2 is 1.65 bits per heavy atom. The fourth-order valence-corrected chi connectivity index (χ4v) is 3.20. The van der Waals surface area contributed by atoms with Crippen LogP contribution >= 0.6 is 15.9 Å². The van der Waals surface area contributed by atoms with Crippen molar-refractivity contribution in [2.75, 3.05) is 11.9 Å². The van der Waals surface area contributed by atoms with E-state index in [1.807, 2.05) is 0 Å². The standard InChI is InChI=1S/C17H12BrNO4/c18-11-5-1-3-9-14(11)17(23)15-10(16(9)22)4-2-6-12(15)19-8-7-13(20)21/h1-6,19H,7-8H2,(H,20,21). The van der Waals surface area contributed by atoms with Gasteiger partial charge in [-0.05, 0) is 12.1 Å². The van der Waals surface area contributed by atoms with Crippen LogP contribution in [0.25, 0.3) is 0 Å². The van der Waals surface area contributed by atoms with Gasteiger partial charge in [-0.2, -0.15) is 0 Å². The minimum atomic E-state index is -0.933. The van der Waals surface area contributed by atoms with Crippen molar-refractivity contribution in [3.8, 4) is 0 Å². The maximum Gasteiger partial charge on any atom is 0.305 e. The maximum atomic E-state index is 12.9. The van der Waals surface area contributed by atoms with Crippen molar-refractivity contribution in [1.82, 2.24) is 0 Å². The van der Waals surface area contributed by atoms with E-state index in [1.54, 1.807) is 36.4 Å². The zero-order valence-corrected chi connectivity index (χ0v) is 13.5. The number of carboxylic acids is 1. The second-order valence-corrected chi connectivity index (χ2v) is 5.97. The molecule has 2 aromatic carbocycles. The summed E-state index contributed by atoms with van der Waals surface area (Å²) in [6.45, 7) is 0.177. The summed E-state index contributed by atoms with van der Waals surface area (Å²) in [4.78, 5) is 36.1. The number of nitrogens with one attached hydrogen (secondary N) is 1. The van der Waals surface area contributed by atoms with Gasteiger partial charge in [0.1, 0.15) is 0 Å². The van der Waals surface area contributed by atoms with Crippen molar-refractivity contribution in [3.63, 3.8) is 0 Å². The van der Waals surface area contributed by atoms with E-state index in [-0.39, 0.29) is 24.5 Å². The number of fused-ring (bicyclic) bond motifs is 2. The van der Waals surface area contributed by atoms with Crippen molar-refractivity contribution in [2.45, 2.75) is 6.42 Å². The molecule has 0 atom stereocenters. The van der Waals surface area contributed by atoms with Gasteiger partial charge in [-0.1, -0.05) is 40.2 Å². The lowest BCUT2D eigenvalue weighted by Gasteiger charge is -2.21. The summed E-state index contributed by atoms with van der Waals surface area (Å²) in [5.74, 6) is -1.39. The monoisotopic (exact) mass is 373 g/mol. The lowest BCUT2D eigenvalue weighted by atomic mass is 9.83. The first-order valence-electron chi connectivity index (χ1n) is 6.97. The average Bonchev–Trinajstić information content (AvgIpc) is 2.52. The van der Waals surface area contributed by atoms with Crippen molar-refractivity contribution in [2.24, 2.45) is 0 Å². The van der Waals surface area contributed by atoms with E-state index in [4.69, 9.17) is 5.11 Å². The Kier molecular flexibility index (Phi) is 4.00. The summed E-state index contributed by atoms with van der Waals surface area (Å²) < 4.78 is 0.569.